The number of carboxylic acid groups (broad SMARTS) is 4. The summed E-state index contributed by atoms with van der Waals surface area (Å²) in [4.78, 5) is 48.6. The third kappa shape index (κ3) is 13.6. The van der Waals surface area contributed by atoms with Gasteiger partial charge in [-0.25, -0.2) is 19.2 Å². The van der Waals surface area contributed by atoms with Crippen LogP contribution in [0.2, 0.25) is 0 Å². The van der Waals surface area contributed by atoms with Gasteiger partial charge >= 0.3 is 23.9 Å². The molecule has 0 atom stereocenters. The van der Waals surface area contributed by atoms with Crippen LogP contribution in [0, 0.1) is 0 Å². The van der Waals surface area contributed by atoms with Gasteiger partial charge in [0.1, 0.15) is 0 Å². The fourth-order valence-corrected chi connectivity index (χ4v) is 5.64. The average Bonchev–Trinajstić information content (AvgIpc) is 2.97. The zero-order valence-corrected chi connectivity index (χ0v) is 27.0. The van der Waals surface area contributed by atoms with E-state index in [9.17, 15) is 19.2 Å². The normalized spacial score (nSPS) is 14.9. The third-order valence-corrected chi connectivity index (χ3v) is 8.04. The number of hydrogen-bond donors (Lipinski definition) is 4. The van der Waals surface area contributed by atoms with Crippen molar-refractivity contribution in [1.29, 1.82) is 0 Å². The molecule has 4 N–H and O–H groups in total. The van der Waals surface area contributed by atoms with Gasteiger partial charge in [0, 0.05) is 66.8 Å². The third-order valence-electron chi connectivity index (χ3n) is 6.93. The molecule has 0 bridgehead atoms. The second kappa shape index (κ2) is 18.0. The number of carboxylic acids is 4. The molecule has 244 valence electrons. The van der Waals surface area contributed by atoms with E-state index in [2.05, 4.69) is 85.0 Å². The number of anilines is 2. The van der Waals surface area contributed by atoms with Crippen molar-refractivity contribution in [3.05, 3.63) is 72.3 Å². The molecule has 1 saturated heterocycles. The van der Waals surface area contributed by atoms with Gasteiger partial charge in [-0.3, -0.25) is 0 Å². The van der Waals surface area contributed by atoms with Crippen LogP contribution in [0.4, 0.5) is 11.4 Å². The Hall–Kier alpha value is -4.13. The Balaban J connectivity index is 0.000000365. The molecule has 0 aromatic heterocycles. The second-order valence-electron chi connectivity index (χ2n) is 11.5. The minimum absolute atomic E-state index is 0.180. The fraction of sp³-hybridized carbons (Fsp3) is 0.394. The summed E-state index contributed by atoms with van der Waals surface area (Å²) < 4.78 is 0. The second-order valence-corrected chi connectivity index (χ2v) is 12.6. The van der Waals surface area contributed by atoms with Crippen LogP contribution in [0.25, 0.3) is 0 Å². The van der Waals surface area contributed by atoms with Crippen molar-refractivity contribution < 1.29 is 39.6 Å². The number of nitrogens with zero attached hydrogens (tertiary/aromatic N) is 3. The molecule has 0 spiro atoms. The number of aliphatic carboxylic acids is 4. The Morgan fingerprint density at radius 3 is 1.71 bits per heavy atom. The van der Waals surface area contributed by atoms with E-state index in [0.29, 0.717) is 24.3 Å². The van der Waals surface area contributed by atoms with Crippen LogP contribution in [0.1, 0.15) is 39.2 Å². The summed E-state index contributed by atoms with van der Waals surface area (Å²) in [6.07, 6.45) is 4.73. The molecule has 0 aliphatic carbocycles. The molecule has 0 saturated carbocycles. The van der Waals surface area contributed by atoms with Crippen LogP contribution in [0.15, 0.2) is 76.6 Å². The standard InChI is InChI=1S/C25H35N3S.2C4H4O4/c1-25(2,3)20-11-12-22-24(19-20)29-23-10-6-5-9-21(23)28(22)14-8-7-13-27-17-15-26(4)16-18-27;2*5-3(6)1-2-4(7)8/h5-6,9-12,19H,7-8,13-18H2,1-4H3;2*1-2H,(H,5,6)(H,7,8)/b;2*2-1-. The maximum atomic E-state index is 9.55. The van der Waals surface area contributed by atoms with Crippen molar-refractivity contribution in [3.63, 3.8) is 0 Å². The lowest BCUT2D eigenvalue weighted by molar-refractivity contribution is -0.134. The summed E-state index contributed by atoms with van der Waals surface area (Å²) in [5.41, 5.74) is 4.34. The number of piperazine rings is 1. The smallest absolute Gasteiger partial charge is 0.328 e. The zero-order chi connectivity index (χ0) is 33.6. The number of benzene rings is 2. The maximum absolute atomic E-state index is 9.55. The highest BCUT2D eigenvalue weighted by molar-refractivity contribution is 7.99. The molecule has 12 heteroatoms. The Kier molecular flexibility index (Phi) is 14.8. The van der Waals surface area contributed by atoms with Crippen molar-refractivity contribution in [2.75, 3.05) is 51.2 Å². The number of hydrogen-bond acceptors (Lipinski definition) is 8. The van der Waals surface area contributed by atoms with E-state index in [4.69, 9.17) is 20.4 Å². The highest BCUT2D eigenvalue weighted by Crippen LogP contribution is 2.49. The Morgan fingerprint density at radius 1 is 0.711 bits per heavy atom. The van der Waals surface area contributed by atoms with Gasteiger partial charge in [-0.1, -0.05) is 50.7 Å². The molecular formula is C33H43N3O8S. The van der Waals surface area contributed by atoms with E-state index in [0.717, 1.165) is 6.54 Å². The van der Waals surface area contributed by atoms with Gasteiger partial charge in [0.05, 0.1) is 11.4 Å². The van der Waals surface area contributed by atoms with Crippen LogP contribution in [-0.4, -0.2) is 100 Å². The SMILES string of the molecule is CN1CCN(CCCCN2c3ccccc3Sc3cc(C(C)(C)C)ccc32)CC1.O=C(O)/C=C\C(=O)O.O=C(O)/C=C\C(=O)O. The summed E-state index contributed by atoms with van der Waals surface area (Å²) in [6, 6.07) is 16.0. The Bertz CT molecular complexity index is 1310. The number of rotatable bonds is 9. The minimum atomic E-state index is -1.26. The first-order chi connectivity index (χ1) is 21.2. The van der Waals surface area contributed by atoms with Gasteiger partial charge in [0.25, 0.3) is 0 Å². The van der Waals surface area contributed by atoms with Crippen molar-refractivity contribution in [1.82, 2.24) is 9.80 Å². The van der Waals surface area contributed by atoms with Crippen LogP contribution in [0.5, 0.6) is 0 Å². The predicted molar refractivity (Wildman–Crippen MR) is 175 cm³/mol. The summed E-state index contributed by atoms with van der Waals surface area (Å²) in [7, 11) is 2.23. The average molecular weight is 642 g/mol. The highest BCUT2D eigenvalue weighted by atomic mass is 32.2. The molecule has 0 amide bonds. The maximum Gasteiger partial charge on any atom is 0.328 e. The molecule has 4 rings (SSSR count). The van der Waals surface area contributed by atoms with Gasteiger partial charge in [0.2, 0.25) is 0 Å². The number of fused-ring (bicyclic) bond motifs is 2. The van der Waals surface area contributed by atoms with E-state index in [1.807, 2.05) is 11.8 Å². The zero-order valence-electron chi connectivity index (χ0n) is 26.2. The molecule has 2 aliphatic rings. The Labute approximate surface area is 268 Å². The molecule has 45 heavy (non-hydrogen) atoms. The van der Waals surface area contributed by atoms with Gasteiger partial charge < -0.3 is 35.1 Å². The molecule has 2 aromatic rings. The lowest BCUT2D eigenvalue weighted by atomic mass is 9.87. The van der Waals surface area contributed by atoms with Crippen LogP contribution >= 0.6 is 11.8 Å². The molecule has 1 fully saturated rings. The summed E-state index contributed by atoms with van der Waals surface area (Å²) >= 11 is 1.92. The van der Waals surface area contributed by atoms with Crippen molar-refractivity contribution in [2.24, 2.45) is 0 Å². The molecule has 2 aromatic carbocycles. The number of likely N-dealkylation sites (N-methyl/N-ethyl adjacent to an activating group) is 1. The number of unbranched alkanes of at least 4 members (excludes halogenated alkanes) is 1. The predicted octanol–water partition coefficient (Wildman–Crippen LogP) is 5.04. The summed E-state index contributed by atoms with van der Waals surface area (Å²) in [6.45, 7) is 14.1. The van der Waals surface area contributed by atoms with Crippen molar-refractivity contribution in [2.45, 2.75) is 48.8 Å². The monoisotopic (exact) mass is 641 g/mol. The lowest BCUT2D eigenvalue weighted by Crippen LogP contribution is -2.44. The van der Waals surface area contributed by atoms with Crippen LogP contribution in [0.3, 0.4) is 0 Å². The number of para-hydroxylation sites is 1. The lowest BCUT2D eigenvalue weighted by Gasteiger charge is -2.35. The van der Waals surface area contributed by atoms with E-state index >= 15 is 0 Å². The molecule has 0 unspecified atom stereocenters. The first kappa shape index (κ1) is 37.1. The summed E-state index contributed by atoms with van der Waals surface area (Å²) in [5, 5.41) is 31.2. The highest BCUT2D eigenvalue weighted by Gasteiger charge is 2.25. The number of carbonyl (C=O) groups is 4. The van der Waals surface area contributed by atoms with Crippen LogP contribution < -0.4 is 4.90 Å². The molecule has 2 heterocycles. The quantitative estimate of drug-likeness (QED) is 0.214. The minimum Gasteiger partial charge on any atom is -0.478 e. The van der Waals surface area contributed by atoms with E-state index in [-0.39, 0.29) is 5.41 Å². The van der Waals surface area contributed by atoms with E-state index < -0.39 is 23.9 Å². The molecule has 0 radical (unpaired) electrons. The first-order valence-electron chi connectivity index (χ1n) is 14.5. The fourth-order valence-electron chi connectivity index (χ4n) is 4.50. The van der Waals surface area contributed by atoms with Gasteiger partial charge in [-0.2, -0.15) is 0 Å². The van der Waals surface area contributed by atoms with Gasteiger partial charge in [-0.05, 0) is 61.7 Å². The first-order valence-corrected chi connectivity index (χ1v) is 15.4. The van der Waals surface area contributed by atoms with Gasteiger partial charge in [0.15, 0.2) is 0 Å². The van der Waals surface area contributed by atoms with Gasteiger partial charge in [-0.15, -0.1) is 0 Å². The van der Waals surface area contributed by atoms with E-state index in [1.54, 1.807) is 0 Å². The largest absolute Gasteiger partial charge is 0.478 e. The molecular weight excluding hydrogens is 598 g/mol. The van der Waals surface area contributed by atoms with Crippen molar-refractivity contribution in [3.8, 4) is 0 Å². The van der Waals surface area contributed by atoms with Crippen LogP contribution in [-0.2, 0) is 24.6 Å². The van der Waals surface area contributed by atoms with Crippen molar-refractivity contribution >= 4 is 47.0 Å². The topological polar surface area (TPSA) is 159 Å². The Morgan fingerprint density at radius 2 is 1.20 bits per heavy atom. The molecule has 11 nitrogen and oxygen atoms in total. The molecule has 2 aliphatic heterocycles. The summed E-state index contributed by atoms with van der Waals surface area (Å²) in [5.74, 6) is -5.03. The van der Waals surface area contributed by atoms with E-state index in [1.165, 1.54) is 72.3 Å².